The van der Waals surface area contributed by atoms with E-state index < -0.39 is 18.2 Å². The molecule has 0 fully saturated rings. The second-order valence-electron chi connectivity index (χ2n) is 7.81. The smallest absolute Gasteiger partial charge is 0.109 e. The summed E-state index contributed by atoms with van der Waals surface area (Å²) in [6.07, 6.45) is -0.694. The van der Waals surface area contributed by atoms with Crippen molar-refractivity contribution >= 4 is 0 Å². The molecule has 3 N–H and O–H groups in total. The highest BCUT2D eigenvalue weighted by molar-refractivity contribution is 5.15. The minimum Gasteiger partial charge on any atom is -0.395 e. The Bertz CT molecular complexity index is 861. The van der Waals surface area contributed by atoms with Crippen molar-refractivity contribution in [1.82, 2.24) is 5.32 Å². The summed E-state index contributed by atoms with van der Waals surface area (Å²) in [6, 6.07) is 29.3. The number of aliphatic hydroxyl groups is 2. The Morgan fingerprint density at radius 1 is 0.719 bits per heavy atom. The lowest BCUT2D eigenvalue weighted by Gasteiger charge is -2.29. The van der Waals surface area contributed by atoms with Crippen LogP contribution >= 0.6 is 0 Å². The number of benzene rings is 3. The van der Waals surface area contributed by atoms with Crippen LogP contribution in [0.4, 0.5) is 0 Å². The van der Waals surface area contributed by atoms with Crippen LogP contribution in [0.1, 0.15) is 16.7 Å². The van der Waals surface area contributed by atoms with E-state index in [1.165, 1.54) is 5.56 Å². The van der Waals surface area contributed by atoms with Gasteiger partial charge in [-0.15, -0.1) is 0 Å². The first-order valence-electron chi connectivity index (χ1n) is 11.1. The number of aliphatic hydroxyl groups excluding tert-OH is 2. The SMILES string of the molecule is OC[C@@H](NCCc1ccccc1)[C@@H](O)[C@@H](COCc1ccccc1)OCc1ccccc1. The lowest BCUT2D eigenvalue weighted by atomic mass is 10.1. The summed E-state index contributed by atoms with van der Waals surface area (Å²) in [4.78, 5) is 0. The Balaban J connectivity index is 1.56. The van der Waals surface area contributed by atoms with Gasteiger partial charge in [0.05, 0.1) is 38.6 Å². The van der Waals surface area contributed by atoms with Gasteiger partial charge in [0.1, 0.15) is 6.10 Å². The topological polar surface area (TPSA) is 71.0 Å². The molecule has 0 aromatic heterocycles. The molecule has 0 aliphatic rings. The molecule has 0 spiro atoms. The molecule has 3 aromatic carbocycles. The van der Waals surface area contributed by atoms with Crippen LogP contribution < -0.4 is 5.32 Å². The summed E-state index contributed by atoms with van der Waals surface area (Å²) in [6.45, 7) is 1.46. The van der Waals surface area contributed by atoms with Crippen molar-refractivity contribution in [1.29, 1.82) is 0 Å². The molecule has 0 unspecified atom stereocenters. The van der Waals surface area contributed by atoms with E-state index in [0.29, 0.717) is 19.8 Å². The van der Waals surface area contributed by atoms with Crippen molar-refractivity contribution in [3.63, 3.8) is 0 Å². The van der Waals surface area contributed by atoms with E-state index in [4.69, 9.17) is 9.47 Å². The summed E-state index contributed by atoms with van der Waals surface area (Å²) in [5.74, 6) is 0. The first-order valence-corrected chi connectivity index (χ1v) is 11.1. The zero-order valence-corrected chi connectivity index (χ0v) is 18.3. The number of rotatable bonds is 14. The number of nitrogens with one attached hydrogen (secondary N) is 1. The van der Waals surface area contributed by atoms with Gasteiger partial charge < -0.3 is 25.0 Å². The maximum absolute atomic E-state index is 11.0. The maximum atomic E-state index is 11.0. The molecule has 0 saturated carbocycles. The first-order chi connectivity index (χ1) is 15.8. The van der Waals surface area contributed by atoms with E-state index in [9.17, 15) is 10.2 Å². The zero-order chi connectivity index (χ0) is 22.4. The molecular weight excluding hydrogens is 402 g/mol. The summed E-state index contributed by atoms with van der Waals surface area (Å²) < 4.78 is 11.9. The van der Waals surface area contributed by atoms with E-state index in [2.05, 4.69) is 17.4 Å². The average molecular weight is 436 g/mol. The van der Waals surface area contributed by atoms with Crippen LogP contribution in [0, 0.1) is 0 Å². The molecule has 170 valence electrons. The second kappa shape index (κ2) is 13.8. The van der Waals surface area contributed by atoms with E-state index in [0.717, 1.165) is 17.5 Å². The van der Waals surface area contributed by atoms with Crippen LogP contribution in [0.25, 0.3) is 0 Å². The fourth-order valence-electron chi connectivity index (χ4n) is 3.49. The predicted molar refractivity (Wildman–Crippen MR) is 126 cm³/mol. The van der Waals surface area contributed by atoms with Crippen LogP contribution in [0.15, 0.2) is 91.0 Å². The Hall–Kier alpha value is -2.54. The molecule has 0 aliphatic carbocycles. The molecule has 3 aromatic rings. The lowest BCUT2D eigenvalue weighted by molar-refractivity contribution is -0.103. The van der Waals surface area contributed by atoms with Crippen molar-refractivity contribution in [2.45, 2.75) is 37.9 Å². The molecule has 0 aliphatic heterocycles. The standard InChI is InChI=1S/C27H33NO4/c29-18-25(28-17-16-22-10-4-1-5-11-22)27(30)26(32-20-24-14-8-3-9-15-24)21-31-19-23-12-6-2-7-13-23/h1-15,25-30H,16-21H2/t25-,26-,27-/m1/s1. The molecule has 0 amide bonds. The van der Waals surface area contributed by atoms with Gasteiger partial charge in [-0.1, -0.05) is 91.0 Å². The summed E-state index contributed by atoms with van der Waals surface area (Å²) in [5.41, 5.74) is 3.28. The zero-order valence-electron chi connectivity index (χ0n) is 18.3. The molecule has 0 saturated heterocycles. The van der Waals surface area contributed by atoms with Gasteiger partial charge in [0.25, 0.3) is 0 Å². The minimum atomic E-state index is -0.921. The maximum Gasteiger partial charge on any atom is 0.109 e. The number of hydrogen-bond donors (Lipinski definition) is 3. The summed E-state index contributed by atoms with van der Waals surface area (Å²) in [7, 11) is 0. The van der Waals surface area contributed by atoms with E-state index in [1.54, 1.807) is 0 Å². The van der Waals surface area contributed by atoms with E-state index in [-0.39, 0.29) is 13.2 Å². The Labute approximate surface area is 190 Å². The van der Waals surface area contributed by atoms with Crippen molar-refractivity contribution in [2.24, 2.45) is 0 Å². The molecule has 32 heavy (non-hydrogen) atoms. The largest absolute Gasteiger partial charge is 0.395 e. The molecule has 3 atom stereocenters. The van der Waals surface area contributed by atoms with Gasteiger partial charge >= 0.3 is 0 Å². The second-order valence-corrected chi connectivity index (χ2v) is 7.81. The average Bonchev–Trinajstić information content (AvgIpc) is 2.85. The first kappa shape index (κ1) is 24.1. The van der Waals surface area contributed by atoms with Gasteiger partial charge in [-0.25, -0.2) is 0 Å². The highest BCUT2D eigenvalue weighted by atomic mass is 16.5. The van der Waals surface area contributed by atoms with Crippen molar-refractivity contribution < 1.29 is 19.7 Å². The third-order valence-electron chi connectivity index (χ3n) is 5.35. The monoisotopic (exact) mass is 435 g/mol. The number of hydrogen-bond acceptors (Lipinski definition) is 5. The predicted octanol–water partition coefficient (Wildman–Crippen LogP) is 3.34. The molecular formula is C27H33NO4. The molecule has 0 bridgehead atoms. The lowest BCUT2D eigenvalue weighted by Crippen LogP contribution is -2.51. The van der Waals surface area contributed by atoms with E-state index >= 15 is 0 Å². The van der Waals surface area contributed by atoms with Gasteiger partial charge in [0.15, 0.2) is 0 Å². The van der Waals surface area contributed by atoms with Crippen LogP contribution in [-0.4, -0.2) is 48.2 Å². The highest BCUT2D eigenvalue weighted by Gasteiger charge is 2.28. The molecule has 5 heteroatoms. The van der Waals surface area contributed by atoms with E-state index in [1.807, 2.05) is 78.9 Å². The Morgan fingerprint density at radius 2 is 1.25 bits per heavy atom. The third kappa shape index (κ3) is 8.19. The summed E-state index contributed by atoms with van der Waals surface area (Å²) in [5, 5.41) is 24.2. The fraction of sp³-hybridized carbons (Fsp3) is 0.333. The van der Waals surface area contributed by atoms with Gasteiger partial charge in [-0.2, -0.15) is 0 Å². The molecule has 5 nitrogen and oxygen atoms in total. The highest BCUT2D eigenvalue weighted by Crippen LogP contribution is 2.12. The normalized spacial score (nSPS) is 14.1. The Morgan fingerprint density at radius 3 is 1.81 bits per heavy atom. The number of ether oxygens (including phenoxy) is 2. The molecule has 3 rings (SSSR count). The van der Waals surface area contributed by atoms with Crippen molar-refractivity contribution in [3.05, 3.63) is 108 Å². The van der Waals surface area contributed by atoms with Crippen molar-refractivity contribution in [2.75, 3.05) is 19.8 Å². The van der Waals surface area contributed by atoms with Gasteiger partial charge in [-0.05, 0) is 29.7 Å². The third-order valence-corrected chi connectivity index (χ3v) is 5.35. The Kier molecular flexibility index (Phi) is 10.4. The van der Waals surface area contributed by atoms with Crippen LogP contribution in [0.2, 0.25) is 0 Å². The minimum absolute atomic E-state index is 0.195. The van der Waals surface area contributed by atoms with Gasteiger partial charge in [-0.3, -0.25) is 0 Å². The molecule has 0 radical (unpaired) electrons. The van der Waals surface area contributed by atoms with Crippen LogP contribution in [0.5, 0.6) is 0 Å². The van der Waals surface area contributed by atoms with Gasteiger partial charge in [0.2, 0.25) is 0 Å². The quantitative estimate of drug-likeness (QED) is 0.362. The van der Waals surface area contributed by atoms with Crippen LogP contribution in [0.3, 0.4) is 0 Å². The van der Waals surface area contributed by atoms with Crippen molar-refractivity contribution in [3.8, 4) is 0 Å². The fourth-order valence-corrected chi connectivity index (χ4v) is 3.49. The van der Waals surface area contributed by atoms with Crippen LogP contribution in [-0.2, 0) is 29.1 Å². The molecule has 0 heterocycles. The summed E-state index contributed by atoms with van der Waals surface area (Å²) >= 11 is 0. The van der Waals surface area contributed by atoms with Gasteiger partial charge in [0, 0.05) is 0 Å².